The zero-order valence-corrected chi connectivity index (χ0v) is 19.1. The first-order valence-electron chi connectivity index (χ1n) is 11.3. The molecule has 1 saturated carbocycles. The highest BCUT2D eigenvalue weighted by molar-refractivity contribution is 5.95. The molecule has 1 fully saturated rings. The van der Waals surface area contributed by atoms with E-state index in [4.69, 9.17) is 9.84 Å². The van der Waals surface area contributed by atoms with Crippen LogP contribution in [-0.4, -0.2) is 32.9 Å². The van der Waals surface area contributed by atoms with E-state index in [0.717, 1.165) is 18.4 Å². The minimum Gasteiger partial charge on any atom is -0.485 e. The number of hydrogen-bond acceptors (Lipinski definition) is 4. The Morgan fingerprint density at radius 2 is 1.85 bits per heavy atom. The number of carboxylic acids is 1. The molecule has 7 nitrogen and oxygen atoms in total. The summed E-state index contributed by atoms with van der Waals surface area (Å²) >= 11 is 0. The molecule has 180 valence electrons. The first-order chi connectivity index (χ1) is 16.2. The van der Waals surface area contributed by atoms with Gasteiger partial charge in [-0.2, -0.15) is 0 Å². The van der Waals surface area contributed by atoms with Gasteiger partial charge in [-0.05, 0) is 69.2 Å². The smallest absolute Gasteiger partial charge is 0.306 e. The second-order valence-corrected chi connectivity index (χ2v) is 8.88. The summed E-state index contributed by atoms with van der Waals surface area (Å²) in [5.74, 6) is -2.18. The number of aromatic nitrogens is 2. The molecule has 1 aliphatic rings. The molecule has 0 radical (unpaired) electrons. The average Bonchev–Trinajstić information content (AvgIpc) is 3.13. The lowest BCUT2D eigenvalue weighted by molar-refractivity contribution is -0.143. The van der Waals surface area contributed by atoms with Crippen molar-refractivity contribution in [2.24, 2.45) is 11.8 Å². The summed E-state index contributed by atoms with van der Waals surface area (Å²) in [4.78, 5) is 28.7. The summed E-state index contributed by atoms with van der Waals surface area (Å²) < 4.78 is 35.4. The number of ether oxygens (including phenoxy) is 1. The maximum absolute atomic E-state index is 14.0. The molecule has 2 N–H and O–H groups in total. The maximum Gasteiger partial charge on any atom is 0.306 e. The maximum atomic E-state index is 14.0. The van der Waals surface area contributed by atoms with Crippen LogP contribution < -0.4 is 10.1 Å². The highest BCUT2D eigenvalue weighted by Gasteiger charge is 2.27. The number of benzene rings is 1. The SMILES string of the molecule is Cc1cc(OCc2c(F)cccc2F)c2nc(C)c(C(=O)NC[C@H]3CC[C@H](C(=O)O)CC3)n2c1. The topological polar surface area (TPSA) is 92.9 Å². The van der Waals surface area contributed by atoms with Gasteiger partial charge in [0.15, 0.2) is 11.4 Å². The number of nitrogens with one attached hydrogen (secondary N) is 1. The summed E-state index contributed by atoms with van der Waals surface area (Å²) in [6.07, 6.45) is 4.51. The Bertz CT molecular complexity index is 1210. The molecule has 1 aromatic carbocycles. The van der Waals surface area contributed by atoms with Crippen LogP contribution in [0.1, 0.15) is 53.0 Å². The molecule has 2 heterocycles. The molecule has 0 aliphatic heterocycles. The molecule has 1 amide bonds. The van der Waals surface area contributed by atoms with Gasteiger partial charge in [-0.1, -0.05) is 6.07 Å². The minimum atomic E-state index is -0.755. The van der Waals surface area contributed by atoms with E-state index in [1.807, 2.05) is 6.92 Å². The van der Waals surface area contributed by atoms with Gasteiger partial charge in [0.25, 0.3) is 5.91 Å². The van der Waals surface area contributed by atoms with Crippen molar-refractivity contribution in [2.45, 2.75) is 46.1 Å². The Hall–Kier alpha value is -3.49. The Morgan fingerprint density at radius 3 is 2.50 bits per heavy atom. The number of carbonyl (C=O) groups excluding carboxylic acids is 1. The van der Waals surface area contributed by atoms with E-state index in [-0.39, 0.29) is 29.9 Å². The monoisotopic (exact) mass is 471 g/mol. The van der Waals surface area contributed by atoms with Gasteiger partial charge >= 0.3 is 5.97 Å². The number of hydrogen-bond donors (Lipinski definition) is 2. The van der Waals surface area contributed by atoms with Crippen LogP contribution in [0, 0.1) is 37.3 Å². The van der Waals surface area contributed by atoms with Gasteiger partial charge in [-0.25, -0.2) is 13.8 Å². The van der Waals surface area contributed by atoms with E-state index in [1.165, 1.54) is 18.2 Å². The van der Waals surface area contributed by atoms with Crippen molar-refractivity contribution in [3.63, 3.8) is 0 Å². The molecule has 0 bridgehead atoms. The summed E-state index contributed by atoms with van der Waals surface area (Å²) in [5, 5.41) is 12.1. The number of rotatable bonds is 7. The number of aliphatic carboxylic acids is 1. The first-order valence-corrected chi connectivity index (χ1v) is 11.3. The molecule has 0 unspecified atom stereocenters. The third kappa shape index (κ3) is 4.88. The van der Waals surface area contributed by atoms with Crippen molar-refractivity contribution >= 4 is 17.5 Å². The molecule has 34 heavy (non-hydrogen) atoms. The number of fused-ring (bicyclic) bond motifs is 1. The number of nitrogens with zero attached hydrogens (tertiary/aromatic N) is 2. The van der Waals surface area contributed by atoms with Crippen molar-refractivity contribution in [2.75, 3.05) is 6.54 Å². The highest BCUT2D eigenvalue weighted by Crippen LogP contribution is 2.29. The van der Waals surface area contributed by atoms with E-state index < -0.39 is 17.6 Å². The van der Waals surface area contributed by atoms with Crippen molar-refractivity contribution in [1.29, 1.82) is 0 Å². The molecule has 4 rings (SSSR count). The highest BCUT2D eigenvalue weighted by atomic mass is 19.1. The normalized spacial score (nSPS) is 18.1. The Morgan fingerprint density at radius 1 is 1.18 bits per heavy atom. The van der Waals surface area contributed by atoms with Gasteiger partial charge in [0.05, 0.1) is 17.2 Å². The first kappa shape index (κ1) is 23.7. The standard InChI is InChI=1S/C25H27F2N3O4/c1-14-10-21(34-13-18-19(26)4-3-5-20(18)27)23-29-15(2)22(30(23)12-14)24(31)28-11-16-6-8-17(9-7-16)25(32)33/h3-5,10,12,16-17H,6-9,11,13H2,1-2H3,(H,28,31)(H,32,33)/t16-,17-. The fourth-order valence-corrected chi connectivity index (χ4v) is 4.49. The Kier molecular flexibility index (Phi) is 6.81. The fraction of sp³-hybridized carbons (Fsp3) is 0.400. The lowest BCUT2D eigenvalue weighted by Gasteiger charge is -2.26. The number of pyridine rings is 1. The van der Waals surface area contributed by atoms with Crippen LogP contribution in [0.4, 0.5) is 8.78 Å². The van der Waals surface area contributed by atoms with Crippen molar-refractivity contribution in [3.05, 3.63) is 64.6 Å². The molecule has 9 heteroatoms. The average molecular weight is 472 g/mol. The van der Waals surface area contributed by atoms with E-state index in [1.54, 1.807) is 23.6 Å². The van der Waals surface area contributed by atoms with Crippen LogP contribution in [0.3, 0.4) is 0 Å². The quantitative estimate of drug-likeness (QED) is 0.532. The number of imidazole rings is 1. The molecular formula is C25H27F2N3O4. The third-order valence-corrected chi connectivity index (χ3v) is 6.39. The van der Waals surface area contributed by atoms with E-state index >= 15 is 0 Å². The zero-order chi connectivity index (χ0) is 24.4. The van der Waals surface area contributed by atoms with Crippen LogP contribution in [0.2, 0.25) is 0 Å². The van der Waals surface area contributed by atoms with Gasteiger partial charge < -0.3 is 15.2 Å². The minimum absolute atomic E-state index is 0.180. The number of amides is 1. The second-order valence-electron chi connectivity index (χ2n) is 8.88. The zero-order valence-electron chi connectivity index (χ0n) is 19.1. The van der Waals surface area contributed by atoms with Crippen molar-refractivity contribution in [1.82, 2.24) is 14.7 Å². The summed E-state index contributed by atoms with van der Waals surface area (Å²) in [6.45, 7) is 3.69. The Balaban J connectivity index is 1.50. The molecule has 0 saturated heterocycles. The van der Waals surface area contributed by atoms with Gasteiger partial charge in [0.1, 0.15) is 23.9 Å². The molecular weight excluding hydrogens is 444 g/mol. The number of carboxylic acid groups (broad SMARTS) is 1. The summed E-state index contributed by atoms with van der Waals surface area (Å²) in [5.41, 5.74) is 1.85. The number of halogens is 2. The summed E-state index contributed by atoms with van der Waals surface area (Å²) in [7, 11) is 0. The Labute approximate surface area is 195 Å². The van der Waals surface area contributed by atoms with E-state index in [0.29, 0.717) is 42.2 Å². The van der Waals surface area contributed by atoms with Crippen LogP contribution in [0.5, 0.6) is 5.75 Å². The van der Waals surface area contributed by atoms with Gasteiger partial charge in [-0.15, -0.1) is 0 Å². The largest absolute Gasteiger partial charge is 0.485 e. The second kappa shape index (κ2) is 9.79. The third-order valence-electron chi connectivity index (χ3n) is 6.39. The predicted octanol–water partition coefficient (Wildman–Crippen LogP) is 4.43. The molecule has 0 spiro atoms. The van der Waals surface area contributed by atoms with Gasteiger partial charge in [-0.3, -0.25) is 14.0 Å². The summed E-state index contributed by atoms with van der Waals surface area (Å²) in [6, 6.07) is 5.34. The molecule has 2 aromatic heterocycles. The molecule has 0 atom stereocenters. The van der Waals surface area contributed by atoms with Crippen LogP contribution >= 0.6 is 0 Å². The lowest BCUT2D eigenvalue weighted by atomic mass is 9.82. The molecule has 3 aromatic rings. The lowest BCUT2D eigenvalue weighted by Crippen LogP contribution is -2.33. The number of carbonyl (C=O) groups is 2. The van der Waals surface area contributed by atoms with E-state index in [2.05, 4.69) is 10.3 Å². The van der Waals surface area contributed by atoms with E-state index in [9.17, 15) is 18.4 Å². The van der Waals surface area contributed by atoms with Gasteiger partial charge in [0, 0.05) is 12.7 Å². The van der Waals surface area contributed by atoms with Crippen LogP contribution in [-0.2, 0) is 11.4 Å². The number of aryl methyl sites for hydroxylation is 2. The van der Waals surface area contributed by atoms with Crippen LogP contribution in [0.15, 0.2) is 30.5 Å². The fourth-order valence-electron chi connectivity index (χ4n) is 4.49. The van der Waals surface area contributed by atoms with Crippen molar-refractivity contribution < 1.29 is 28.2 Å². The molecule has 1 aliphatic carbocycles. The van der Waals surface area contributed by atoms with Crippen molar-refractivity contribution in [3.8, 4) is 5.75 Å². The van der Waals surface area contributed by atoms with Crippen LogP contribution in [0.25, 0.3) is 5.65 Å². The van der Waals surface area contributed by atoms with Gasteiger partial charge in [0.2, 0.25) is 0 Å². The predicted molar refractivity (Wildman–Crippen MR) is 121 cm³/mol.